The van der Waals surface area contributed by atoms with Crippen molar-refractivity contribution in [3.63, 3.8) is 0 Å². The van der Waals surface area contributed by atoms with Crippen molar-refractivity contribution in [1.82, 2.24) is 20.5 Å². The molecule has 0 atom stereocenters. The maximum atomic E-state index is 12.6. The zero-order valence-corrected chi connectivity index (χ0v) is 21.0. The van der Waals surface area contributed by atoms with Crippen LogP contribution in [0.3, 0.4) is 0 Å². The predicted molar refractivity (Wildman–Crippen MR) is 133 cm³/mol. The van der Waals surface area contributed by atoms with E-state index in [9.17, 15) is 30.0 Å². The normalized spacial score (nSPS) is 13.7. The van der Waals surface area contributed by atoms with Crippen molar-refractivity contribution >= 4 is 40.3 Å². The van der Waals surface area contributed by atoms with Crippen LogP contribution in [0.2, 0.25) is 0 Å². The molecule has 196 valence electrons. The van der Waals surface area contributed by atoms with Gasteiger partial charge in [0.05, 0.1) is 34.5 Å². The summed E-state index contributed by atoms with van der Waals surface area (Å²) in [7, 11) is 1.45. The van der Waals surface area contributed by atoms with Gasteiger partial charge in [-0.1, -0.05) is 6.07 Å². The number of para-hydroxylation sites is 1. The fourth-order valence-electron chi connectivity index (χ4n) is 3.35. The number of hydrogen-bond acceptors (Lipinski definition) is 12. The van der Waals surface area contributed by atoms with Crippen LogP contribution in [0, 0.1) is 5.92 Å². The summed E-state index contributed by atoms with van der Waals surface area (Å²) in [5.74, 6) is -1.09. The van der Waals surface area contributed by atoms with Crippen molar-refractivity contribution in [2.75, 3.05) is 17.7 Å². The van der Waals surface area contributed by atoms with Crippen LogP contribution in [0.4, 0.5) is 17.2 Å². The van der Waals surface area contributed by atoms with Gasteiger partial charge in [-0.25, -0.2) is 4.98 Å². The highest BCUT2D eigenvalue weighted by Crippen LogP contribution is 2.41. The van der Waals surface area contributed by atoms with E-state index in [1.54, 1.807) is 43.6 Å². The maximum Gasteiger partial charge on any atom is 0.369 e. The standard InChI is InChI=1S/C23H26N6O7S/c1-22(2,32)15-10-24-21(37-15)12-5-4-6-13(18(12)36-3)25-14-9-16(26-19(30)11-7-8-11)28-29-17(14)20(31)27-23(33,34)35/h4-6,9-11,32-35H,7-8H2,1-3H3,(H,27,31)(H2,25,26,28,30). The van der Waals surface area contributed by atoms with Gasteiger partial charge < -0.3 is 35.8 Å². The van der Waals surface area contributed by atoms with Crippen LogP contribution in [0.15, 0.2) is 30.5 Å². The molecule has 0 aliphatic heterocycles. The van der Waals surface area contributed by atoms with Gasteiger partial charge in [-0.15, -0.1) is 21.5 Å². The lowest BCUT2D eigenvalue weighted by Crippen LogP contribution is -2.48. The number of ether oxygens (including phenoxy) is 1. The van der Waals surface area contributed by atoms with Crippen LogP contribution in [0.25, 0.3) is 10.6 Å². The summed E-state index contributed by atoms with van der Waals surface area (Å²) < 4.78 is 5.63. The Bertz CT molecular complexity index is 1330. The fourth-order valence-corrected chi connectivity index (χ4v) is 4.29. The van der Waals surface area contributed by atoms with Crippen molar-refractivity contribution in [2.45, 2.75) is 38.4 Å². The first-order valence-electron chi connectivity index (χ1n) is 11.2. The average Bonchev–Trinajstić information content (AvgIpc) is 3.53. The molecule has 4 rings (SSSR count). The quantitative estimate of drug-likeness (QED) is 0.196. The van der Waals surface area contributed by atoms with Crippen LogP contribution in [-0.2, 0) is 10.4 Å². The fraction of sp³-hybridized carbons (Fsp3) is 0.348. The summed E-state index contributed by atoms with van der Waals surface area (Å²) in [6, 6.07) is 6.49. The van der Waals surface area contributed by atoms with Gasteiger partial charge in [0, 0.05) is 18.2 Å². The molecule has 3 aromatic rings. The predicted octanol–water partition coefficient (Wildman–Crippen LogP) is 1.25. The summed E-state index contributed by atoms with van der Waals surface area (Å²) in [6.07, 6.45) is -0.372. The van der Waals surface area contributed by atoms with Crippen LogP contribution >= 0.6 is 11.3 Å². The molecule has 0 bridgehead atoms. The number of rotatable bonds is 9. The van der Waals surface area contributed by atoms with E-state index in [-0.39, 0.29) is 23.3 Å². The molecule has 0 radical (unpaired) electrons. The summed E-state index contributed by atoms with van der Waals surface area (Å²) >= 11 is 1.28. The summed E-state index contributed by atoms with van der Waals surface area (Å²) in [4.78, 5) is 29.8. The number of aromatic nitrogens is 3. The van der Waals surface area contributed by atoms with E-state index in [1.165, 1.54) is 24.5 Å². The number of nitrogens with zero attached hydrogens (tertiary/aromatic N) is 3. The first-order valence-corrected chi connectivity index (χ1v) is 12.0. The Hall–Kier alpha value is -3.69. The van der Waals surface area contributed by atoms with Gasteiger partial charge in [0.2, 0.25) is 5.91 Å². The monoisotopic (exact) mass is 530 g/mol. The zero-order valence-electron chi connectivity index (χ0n) is 20.1. The van der Waals surface area contributed by atoms with Crippen LogP contribution in [0.1, 0.15) is 42.1 Å². The third-order valence-electron chi connectivity index (χ3n) is 5.32. The number of methoxy groups -OCH3 is 1. The largest absolute Gasteiger partial charge is 0.494 e. The Morgan fingerprint density at radius 1 is 1.11 bits per heavy atom. The number of aliphatic hydroxyl groups is 4. The van der Waals surface area contributed by atoms with Crippen LogP contribution < -0.4 is 20.7 Å². The number of amides is 2. The molecule has 1 aliphatic carbocycles. The highest BCUT2D eigenvalue weighted by Gasteiger charge is 2.31. The zero-order chi connectivity index (χ0) is 27.0. The average molecular weight is 531 g/mol. The van der Waals surface area contributed by atoms with E-state index in [2.05, 4.69) is 25.8 Å². The molecule has 7 N–H and O–H groups in total. The molecule has 14 heteroatoms. The second-order valence-electron chi connectivity index (χ2n) is 8.94. The van der Waals surface area contributed by atoms with Crippen molar-refractivity contribution in [3.8, 4) is 16.3 Å². The van der Waals surface area contributed by atoms with E-state index < -0.39 is 23.3 Å². The van der Waals surface area contributed by atoms with Gasteiger partial charge >= 0.3 is 6.10 Å². The Morgan fingerprint density at radius 3 is 2.43 bits per heavy atom. The molecule has 13 nitrogen and oxygen atoms in total. The van der Waals surface area contributed by atoms with Gasteiger partial charge in [0.25, 0.3) is 5.91 Å². The number of nitrogens with one attached hydrogen (secondary N) is 3. The van der Waals surface area contributed by atoms with Crippen molar-refractivity contribution in [3.05, 3.63) is 41.0 Å². The van der Waals surface area contributed by atoms with Gasteiger partial charge in [-0.3, -0.25) is 14.9 Å². The molecule has 2 amide bonds. The molecule has 1 saturated carbocycles. The molecule has 37 heavy (non-hydrogen) atoms. The molecule has 0 spiro atoms. The number of benzene rings is 1. The molecular formula is C23H26N6O7S. The van der Waals surface area contributed by atoms with Gasteiger partial charge in [0.1, 0.15) is 5.01 Å². The highest BCUT2D eigenvalue weighted by molar-refractivity contribution is 7.15. The van der Waals surface area contributed by atoms with Crippen molar-refractivity contribution < 1.29 is 34.8 Å². The summed E-state index contributed by atoms with van der Waals surface area (Å²) in [6.45, 7) is 3.31. The minimum Gasteiger partial charge on any atom is -0.494 e. The smallest absolute Gasteiger partial charge is 0.369 e. The third kappa shape index (κ3) is 6.36. The number of anilines is 3. The second kappa shape index (κ2) is 9.99. The molecule has 1 fully saturated rings. The second-order valence-corrected chi connectivity index (χ2v) is 9.98. The van der Waals surface area contributed by atoms with E-state index in [0.717, 1.165) is 12.8 Å². The molecular weight excluding hydrogens is 504 g/mol. The third-order valence-corrected chi connectivity index (χ3v) is 6.66. The lowest BCUT2D eigenvalue weighted by molar-refractivity contribution is -0.323. The SMILES string of the molecule is COc1c(Nc2cc(NC(=O)C3CC3)nnc2C(=O)NC(O)(O)O)cccc1-c1ncc(C(C)(C)O)s1. The first kappa shape index (κ1) is 26.4. The Labute approximate surface area is 215 Å². The van der Waals surface area contributed by atoms with Crippen molar-refractivity contribution in [1.29, 1.82) is 0 Å². The highest BCUT2D eigenvalue weighted by atomic mass is 32.1. The molecule has 0 unspecified atom stereocenters. The van der Waals surface area contributed by atoms with Gasteiger partial charge in [-0.2, -0.15) is 0 Å². The Morgan fingerprint density at radius 2 is 1.84 bits per heavy atom. The number of carbonyl (C=O) groups is 2. The van der Waals surface area contributed by atoms with Gasteiger partial charge in [0.15, 0.2) is 17.3 Å². The molecule has 0 saturated heterocycles. The van der Waals surface area contributed by atoms with E-state index >= 15 is 0 Å². The van der Waals surface area contributed by atoms with E-state index in [1.807, 2.05) is 0 Å². The Balaban J connectivity index is 1.72. The molecule has 2 heterocycles. The van der Waals surface area contributed by atoms with Gasteiger partial charge in [-0.05, 0) is 38.8 Å². The number of thiazole rings is 1. The Kier molecular flexibility index (Phi) is 7.12. The lowest BCUT2D eigenvalue weighted by Gasteiger charge is -2.18. The number of hydrogen-bond donors (Lipinski definition) is 7. The van der Waals surface area contributed by atoms with E-state index in [0.29, 0.717) is 26.9 Å². The van der Waals surface area contributed by atoms with E-state index in [4.69, 9.17) is 4.74 Å². The summed E-state index contributed by atoms with van der Waals surface area (Å²) in [5.41, 5.74) is -0.480. The molecule has 1 aliphatic rings. The lowest BCUT2D eigenvalue weighted by atomic mass is 10.1. The minimum atomic E-state index is -3.49. The molecule has 1 aromatic carbocycles. The molecule has 2 aromatic heterocycles. The number of carbonyl (C=O) groups excluding carboxylic acids is 2. The first-order chi connectivity index (χ1) is 17.4. The van der Waals surface area contributed by atoms with Crippen LogP contribution in [0.5, 0.6) is 5.75 Å². The maximum absolute atomic E-state index is 12.6. The summed E-state index contributed by atoms with van der Waals surface area (Å²) in [5, 5.41) is 53.3. The topological polar surface area (TPSA) is 199 Å². The van der Waals surface area contributed by atoms with Crippen LogP contribution in [-0.4, -0.2) is 60.6 Å². The minimum absolute atomic E-state index is 0.0228. The van der Waals surface area contributed by atoms with Crippen molar-refractivity contribution in [2.24, 2.45) is 5.92 Å².